The molecule has 1 unspecified atom stereocenters. The number of halogens is 3. The van der Waals surface area contributed by atoms with E-state index in [1.807, 2.05) is 48.6 Å². The average molecular weight is 638 g/mol. The van der Waals surface area contributed by atoms with Gasteiger partial charge in [0, 0.05) is 19.7 Å². The first-order valence-corrected chi connectivity index (χ1v) is 16.5. The molecule has 0 radical (unpaired) electrons. The van der Waals surface area contributed by atoms with Crippen molar-refractivity contribution in [1.82, 2.24) is 15.2 Å². The van der Waals surface area contributed by atoms with E-state index in [0.717, 1.165) is 10.4 Å². The van der Waals surface area contributed by atoms with Crippen molar-refractivity contribution in [2.45, 2.75) is 57.4 Å². The second-order valence-electron chi connectivity index (χ2n) is 12.0. The Kier molecular flexibility index (Phi) is 8.94. The molecule has 4 bridgehead atoms. The Morgan fingerprint density at radius 2 is 1.58 bits per heavy atom. The van der Waals surface area contributed by atoms with E-state index in [9.17, 15) is 23.3 Å². The SMILES string of the molecule is CN1CCC=CCCC(O[Si](c2ccccc2)(c2ccccc2)C(C)(C)C)c2nnc(o2)-c2nc1c(C(F)(F)F)cc2[N+](=O)[O-]. The van der Waals surface area contributed by atoms with Crippen LogP contribution < -0.4 is 15.3 Å². The molecule has 2 aromatic heterocycles. The van der Waals surface area contributed by atoms with Gasteiger partial charge >= 0.3 is 11.9 Å². The summed E-state index contributed by atoms with van der Waals surface area (Å²) in [7, 11) is -1.65. The summed E-state index contributed by atoms with van der Waals surface area (Å²) >= 11 is 0. The van der Waals surface area contributed by atoms with Gasteiger partial charge in [-0.2, -0.15) is 13.2 Å². The van der Waals surface area contributed by atoms with Crippen LogP contribution in [0.15, 0.2) is 83.3 Å². The highest BCUT2D eigenvalue weighted by Crippen LogP contribution is 2.43. The smallest absolute Gasteiger partial charge is 0.416 e. The fraction of sp³-hybridized carbons (Fsp3) is 0.344. The van der Waals surface area contributed by atoms with Crippen molar-refractivity contribution in [3.63, 3.8) is 0 Å². The first-order chi connectivity index (χ1) is 21.3. The predicted molar refractivity (Wildman–Crippen MR) is 167 cm³/mol. The summed E-state index contributed by atoms with van der Waals surface area (Å²) in [5.74, 6) is -0.758. The van der Waals surface area contributed by atoms with Crippen molar-refractivity contribution >= 4 is 30.2 Å². The van der Waals surface area contributed by atoms with Gasteiger partial charge in [0.05, 0.1) is 4.92 Å². The lowest BCUT2D eigenvalue weighted by Gasteiger charge is -2.44. The van der Waals surface area contributed by atoms with Gasteiger partial charge < -0.3 is 13.7 Å². The Bertz CT molecular complexity index is 1630. The highest BCUT2D eigenvalue weighted by atomic mass is 28.4. The number of nitro groups is 1. The predicted octanol–water partition coefficient (Wildman–Crippen LogP) is 6.85. The lowest BCUT2D eigenvalue weighted by Crippen LogP contribution is -2.66. The van der Waals surface area contributed by atoms with Gasteiger partial charge in [-0.3, -0.25) is 10.1 Å². The Morgan fingerprint density at radius 1 is 0.978 bits per heavy atom. The number of alkyl halides is 3. The lowest BCUT2D eigenvalue weighted by molar-refractivity contribution is -0.384. The molecule has 0 fully saturated rings. The molecule has 1 aliphatic heterocycles. The zero-order valence-corrected chi connectivity index (χ0v) is 26.4. The van der Waals surface area contributed by atoms with E-state index in [2.05, 4.69) is 60.2 Å². The molecule has 0 saturated carbocycles. The molecular weight excluding hydrogens is 603 g/mol. The Hall–Kier alpha value is -4.36. The summed E-state index contributed by atoms with van der Waals surface area (Å²) in [6.07, 6.45) is -0.329. The molecule has 0 N–H and O–H groups in total. The lowest BCUT2D eigenvalue weighted by atomic mass is 10.1. The molecule has 4 aromatic rings. The van der Waals surface area contributed by atoms with Crippen LogP contribution in [0.25, 0.3) is 11.6 Å². The summed E-state index contributed by atoms with van der Waals surface area (Å²) < 4.78 is 55.5. The second kappa shape index (κ2) is 12.6. The van der Waals surface area contributed by atoms with Gasteiger partial charge in [-0.1, -0.05) is 93.6 Å². The van der Waals surface area contributed by atoms with Crippen LogP contribution in [0.1, 0.15) is 57.6 Å². The molecule has 45 heavy (non-hydrogen) atoms. The summed E-state index contributed by atoms with van der Waals surface area (Å²) in [4.78, 5) is 16.5. The minimum absolute atomic E-state index is 0.0642. The number of allylic oxidation sites excluding steroid dienone is 1. The van der Waals surface area contributed by atoms with Gasteiger partial charge in [-0.15, -0.1) is 10.2 Å². The molecule has 5 rings (SSSR count). The molecule has 1 atom stereocenters. The zero-order valence-electron chi connectivity index (χ0n) is 25.4. The number of nitrogens with zero attached hydrogens (tertiary/aromatic N) is 5. The van der Waals surface area contributed by atoms with E-state index in [-0.39, 0.29) is 23.4 Å². The van der Waals surface area contributed by atoms with Gasteiger partial charge in [0.25, 0.3) is 14.2 Å². The van der Waals surface area contributed by atoms with Crippen LogP contribution in [-0.4, -0.2) is 42.0 Å². The number of rotatable bonds is 5. The molecule has 9 nitrogen and oxygen atoms in total. The highest BCUT2D eigenvalue weighted by molar-refractivity contribution is 6.99. The number of anilines is 1. The van der Waals surface area contributed by atoms with Gasteiger partial charge in [0.15, 0.2) is 0 Å². The van der Waals surface area contributed by atoms with Crippen LogP contribution in [0.5, 0.6) is 0 Å². The number of benzene rings is 2. The topological polar surface area (TPSA) is 107 Å². The van der Waals surface area contributed by atoms with Crippen molar-refractivity contribution < 1.29 is 26.9 Å². The molecule has 2 aromatic carbocycles. The molecular formula is C32H34F3N5O4Si. The standard InChI is InChI=1S/C32H34F3N5O4Si/c1-31(2,3)45(22-15-9-7-10-16-22,23-17-11-8-12-18-23)44-26-19-13-5-6-14-20-39(4)28-24(32(33,34)35)21-25(40(41)42)27(36-28)30-38-37-29(26)43-30/h5-12,15-18,21,26H,13-14,19-20H2,1-4H3. The van der Waals surface area contributed by atoms with E-state index in [0.29, 0.717) is 25.3 Å². The van der Waals surface area contributed by atoms with Crippen molar-refractivity contribution in [1.29, 1.82) is 0 Å². The van der Waals surface area contributed by atoms with Crippen LogP contribution in [0, 0.1) is 10.1 Å². The van der Waals surface area contributed by atoms with Crippen LogP contribution in [0.3, 0.4) is 0 Å². The quantitative estimate of drug-likeness (QED) is 0.101. The Balaban J connectivity index is 1.70. The minimum Gasteiger partial charge on any atom is -0.416 e. The summed E-state index contributed by atoms with van der Waals surface area (Å²) in [5, 5.41) is 22.0. The van der Waals surface area contributed by atoms with Crippen LogP contribution in [0.2, 0.25) is 5.04 Å². The number of fused-ring (bicyclic) bond motifs is 5. The summed E-state index contributed by atoms with van der Waals surface area (Å²) in [5.41, 5.74) is -2.54. The third kappa shape index (κ3) is 6.40. The molecule has 3 heterocycles. The molecule has 1 aliphatic rings. The third-order valence-electron chi connectivity index (χ3n) is 7.89. The molecule has 236 valence electrons. The molecule has 0 spiro atoms. The van der Waals surface area contributed by atoms with E-state index in [1.54, 1.807) is 0 Å². The monoisotopic (exact) mass is 637 g/mol. The maximum atomic E-state index is 14.1. The summed E-state index contributed by atoms with van der Waals surface area (Å²) in [6, 6.07) is 20.5. The van der Waals surface area contributed by atoms with Gasteiger partial charge in [-0.05, 0) is 34.7 Å². The Labute approximate surface area is 260 Å². The van der Waals surface area contributed by atoms with Crippen LogP contribution >= 0.6 is 0 Å². The van der Waals surface area contributed by atoms with E-state index < -0.39 is 48.3 Å². The average Bonchev–Trinajstić information content (AvgIpc) is 3.49. The molecule has 13 heteroatoms. The van der Waals surface area contributed by atoms with E-state index >= 15 is 0 Å². The van der Waals surface area contributed by atoms with Crippen LogP contribution in [-0.2, 0) is 10.6 Å². The van der Waals surface area contributed by atoms with Crippen molar-refractivity contribution in [3.8, 4) is 11.6 Å². The van der Waals surface area contributed by atoms with Gasteiger partial charge in [0.2, 0.25) is 11.6 Å². The number of hydrogen-bond donors (Lipinski definition) is 0. The minimum atomic E-state index is -4.88. The first-order valence-electron chi connectivity index (χ1n) is 14.6. The van der Waals surface area contributed by atoms with E-state index in [4.69, 9.17) is 8.84 Å². The van der Waals surface area contributed by atoms with Gasteiger partial charge in [0.1, 0.15) is 17.5 Å². The van der Waals surface area contributed by atoms with Crippen molar-refractivity contribution in [2.75, 3.05) is 18.5 Å². The maximum Gasteiger partial charge on any atom is 0.420 e. The first kappa shape index (κ1) is 32.0. The van der Waals surface area contributed by atoms with E-state index in [1.165, 1.54) is 11.9 Å². The Morgan fingerprint density at radius 3 is 2.13 bits per heavy atom. The maximum absolute atomic E-state index is 14.1. The normalized spacial score (nSPS) is 16.3. The second-order valence-corrected chi connectivity index (χ2v) is 16.2. The number of aromatic nitrogens is 3. The highest BCUT2D eigenvalue weighted by Gasteiger charge is 2.52. The molecule has 0 aliphatic carbocycles. The van der Waals surface area contributed by atoms with Crippen molar-refractivity contribution in [3.05, 3.63) is 100 Å². The fourth-order valence-corrected chi connectivity index (χ4v) is 10.4. The largest absolute Gasteiger partial charge is 0.420 e. The summed E-state index contributed by atoms with van der Waals surface area (Å²) in [6.45, 7) is 6.60. The molecule has 0 amide bonds. The number of pyridine rings is 1. The van der Waals surface area contributed by atoms with Gasteiger partial charge in [-0.25, -0.2) is 4.98 Å². The number of hydrogen-bond acceptors (Lipinski definition) is 8. The third-order valence-corrected chi connectivity index (χ3v) is 12.9. The van der Waals surface area contributed by atoms with Crippen molar-refractivity contribution in [2.24, 2.45) is 0 Å². The van der Waals surface area contributed by atoms with Crippen LogP contribution in [0.4, 0.5) is 24.7 Å². The zero-order chi connectivity index (χ0) is 32.4. The molecule has 0 saturated heterocycles. The fourth-order valence-electron chi connectivity index (χ4n) is 5.74.